The number of rotatable bonds is 8. The summed E-state index contributed by atoms with van der Waals surface area (Å²) >= 11 is 0. The first kappa shape index (κ1) is 19.0. The largest absolute Gasteiger partial charge is 0.493 e. The third-order valence-corrected chi connectivity index (χ3v) is 3.64. The molecule has 138 valence electrons. The van der Waals surface area contributed by atoms with E-state index in [0.29, 0.717) is 17.2 Å². The predicted molar refractivity (Wildman–Crippen MR) is 98.1 cm³/mol. The Balaban J connectivity index is 2.09. The summed E-state index contributed by atoms with van der Waals surface area (Å²) in [5.74, 6) is 0.820. The van der Waals surface area contributed by atoms with E-state index in [2.05, 4.69) is 10.6 Å². The maximum absolute atomic E-state index is 11.7. The lowest BCUT2D eigenvalue weighted by atomic mass is 10.1. The zero-order valence-corrected chi connectivity index (χ0v) is 14.8. The second-order valence-electron chi connectivity index (χ2n) is 5.58. The average Bonchev–Trinajstić information content (AvgIpc) is 2.66. The summed E-state index contributed by atoms with van der Waals surface area (Å²) in [7, 11) is 3.03. The summed E-state index contributed by atoms with van der Waals surface area (Å²) in [4.78, 5) is 22.4. The average molecular weight is 359 g/mol. The van der Waals surface area contributed by atoms with E-state index in [4.69, 9.17) is 9.47 Å². The van der Waals surface area contributed by atoms with Crippen LogP contribution < -0.4 is 20.1 Å². The Morgan fingerprint density at radius 1 is 1.23 bits per heavy atom. The summed E-state index contributed by atoms with van der Waals surface area (Å²) in [5, 5.41) is 16.8. The van der Waals surface area contributed by atoms with Gasteiger partial charge in [0.1, 0.15) is 12.3 Å². The summed E-state index contributed by atoms with van der Waals surface area (Å²) < 4.78 is 10.9. The number of carbonyl (C=O) groups excluding carboxylic acids is 1. The van der Waals surface area contributed by atoms with Crippen LogP contribution in [0.15, 0.2) is 42.5 Å². The smallest absolute Gasteiger partial charge is 0.293 e. The predicted octanol–water partition coefficient (Wildman–Crippen LogP) is 2.84. The van der Waals surface area contributed by atoms with Crippen molar-refractivity contribution in [2.75, 3.05) is 26.1 Å². The lowest BCUT2D eigenvalue weighted by molar-refractivity contribution is -0.384. The number of hydrogen-bond donors (Lipinski definition) is 2. The highest BCUT2D eigenvalue weighted by atomic mass is 16.6. The summed E-state index contributed by atoms with van der Waals surface area (Å²) in [5.41, 5.74) is 0.372. The van der Waals surface area contributed by atoms with E-state index in [1.165, 1.54) is 25.2 Å². The number of amides is 1. The standard InChI is InChI=1S/C18H21N3O5/c1-12(11-26-17-7-5-4-6-16(17)25-3)20-14-9-8-13(18(22)19-2)10-15(14)21(23)24/h4-10,12,20H,11H2,1-3H3,(H,19,22). The van der Waals surface area contributed by atoms with Crippen LogP contribution in [0.1, 0.15) is 17.3 Å². The second kappa shape index (κ2) is 8.70. The van der Waals surface area contributed by atoms with Gasteiger partial charge in [-0.15, -0.1) is 0 Å². The SMILES string of the molecule is CNC(=O)c1ccc(NC(C)COc2ccccc2OC)c([N+](=O)[O-])c1. The summed E-state index contributed by atoms with van der Waals surface area (Å²) in [6.45, 7) is 2.11. The molecule has 8 nitrogen and oxygen atoms in total. The van der Waals surface area contributed by atoms with Crippen LogP contribution in [0.4, 0.5) is 11.4 Å². The molecule has 2 aromatic rings. The molecule has 2 N–H and O–H groups in total. The number of ether oxygens (including phenoxy) is 2. The molecule has 0 heterocycles. The van der Waals surface area contributed by atoms with Crippen molar-refractivity contribution in [1.82, 2.24) is 5.32 Å². The number of methoxy groups -OCH3 is 1. The van der Waals surface area contributed by atoms with Gasteiger partial charge in [0.25, 0.3) is 11.6 Å². The monoisotopic (exact) mass is 359 g/mol. The quantitative estimate of drug-likeness (QED) is 0.555. The van der Waals surface area contributed by atoms with Gasteiger partial charge < -0.3 is 20.1 Å². The molecule has 0 saturated carbocycles. The molecule has 2 aromatic carbocycles. The van der Waals surface area contributed by atoms with E-state index in [-0.39, 0.29) is 29.8 Å². The van der Waals surface area contributed by atoms with Gasteiger partial charge in [0.2, 0.25) is 0 Å². The molecule has 0 aromatic heterocycles. The molecule has 1 atom stereocenters. The van der Waals surface area contributed by atoms with E-state index in [0.717, 1.165) is 0 Å². The zero-order valence-electron chi connectivity index (χ0n) is 14.8. The molecular weight excluding hydrogens is 338 g/mol. The van der Waals surface area contributed by atoms with Gasteiger partial charge in [0.05, 0.1) is 18.1 Å². The van der Waals surface area contributed by atoms with Gasteiger partial charge >= 0.3 is 0 Å². The van der Waals surface area contributed by atoms with Gasteiger partial charge in [-0.1, -0.05) is 12.1 Å². The molecule has 0 aliphatic rings. The lowest BCUT2D eigenvalue weighted by Crippen LogP contribution is -2.24. The number of carbonyl (C=O) groups is 1. The van der Waals surface area contributed by atoms with Crippen molar-refractivity contribution in [3.63, 3.8) is 0 Å². The number of nitro benzene ring substituents is 1. The van der Waals surface area contributed by atoms with E-state index < -0.39 is 4.92 Å². The minimum absolute atomic E-state index is 0.171. The summed E-state index contributed by atoms with van der Waals surface area (Å²) in [6, 6.07) is 11.3. The molecule has 0 bridgehead atoms. The number of para-hydroxylation sites is 2. The fraction of sp³-hybridized carbons (Fsp3) is 0.278. The van der Waals surface area contributed by atoms with Crippen LogP contribution >= 0.6 is 0 Å². The van der Waals surface area contributed by atoms with Crippen molar-refractivity contribution < 1.29 is 19.2 Å². The van der Waals surface area contributed by atoms with E-state index in [1.54, 1.807) is 19.2 Å². The molecule has 0 aliphatic heterocycles. The van der Waals surface area contributed by atoms with Crippen molar-refractivity contribution in [2.24, 2.45) is 0 Å². The normalized spacial score (nSPS) is 11.3. The first-order chi connectivity index (χ1) is 12.5. The molecule has 0 radical (unpaired) electrons. The van der Waals surface area contributed by atoms with Crippen LogP contribution in [0.3, 0.4) is 0 Å². The summed E-state index contributed by atoms with van der Waals surface area (Å²) in [6.07, 6.45) is 0. The Morgan fingerprint density at radius 2 is 1.92 bits per heavy atom. The molecule has 0 aliphatic carbocycles. The molecule has 0 saturated heterocycles. The van der Waals surface area contributed by atoms with Gasteiger partial charge in [0.15, 0.2) is 11.5 Å². The third-order valence-electron chi connectivity index (χ3n) is 3.64. The van der Waals surface area contributed by atoms with E-state index >= 15 is 0 Å². The minimum Gasteiger partial charge on any atom is -0.493 e. The van der Waals surface area contributed by atoms with E-state index in [1.807, 2.05) is 19.1 Å². The topological polar surface area (TPSA) is 103 Å². The van der Waals surface area contributed by atoms with Crippen LogP contribution in [-0.4, -0.2) is 37.6 Å². The van der Waals surface area contributed by atoms with Crippen LogP contribution in [0.2, 0.25) is 0 Å². The molecule has 26 heavy (non-hydrogen) atoms. The number of nitrogens with one attached hydrogen (secondary N) is 2. The van der Waals surface area contributed by atoms with Crippen molar-refractivity contribution in [3.05, 3.63) is 58.1 Å². The number of nitrogens with zero attached hydrogens (tertiary/aromatic N) is 1. The van der Waals surface area contributed by atoms with Gasteiger partial charge in [0, 0.05) is 18.7 Å². The van der Waals surface area contributed by atoms with Crippen molar-refractivity contribution in [3.8, 4) is 11.5 Å². The Bertz CT molecular complexity index is 794. The number of nitro groups is 1. The number of benzene rings is 2. The van der Waals surface area contributed by atoms with Gasteiger partial charge in [-0.05, 0) is 31.2 Å². The molecule has 0 spiro atoms. The fourth-order valence-electron chi connectivity index (χ4n) is 2.35. The third kappa shape index (κ3) is 4.62. The Labute approximate surface area is 151 Å². The molecule has 0 fully saturated rings. The Kier molecular flexibility index (Phi) is 6.37. The van der Waals surface area contributed by atoms with Crippen LogP contribution in [-0.2, 0) is 0 Å². The number of anilines is 1. The maximum atomic E-state index is 11.7. The van der Waals surface area contributed by atoms with E-state index in [9.17, 15) is 14.9 Å². The molecule has 2 rings (SSSR count). The Hall–Kier alpha value is -3.29. The highest BCUT2D eigenvalue weighted by Gasteiger charge is 2.19. The minimum atomic E-state index is -0.525. The second-order valence-corrected chi connectivity index (χ2v) is 5.58. The molecular formula is C18H21N3O5. The van der Waals surface area contributed by atoms with Gasteiger partial charge in [-0.2, -0.15) is 0 Å². The molecule has 1 amide bonds. The van der Waals surface area contributed by atoms with Gasteiger partial charge in [-0.3, -0.25) is 14.9 Å². The highest BCUT2D eigenvalue weighted by Crippen LogP contribution is 2.28. The van der Waals surface area contributed by atoms with Crippen LogP contribution in [0.25, 0.3) is 0 Å². The first-order valence-electron chi connectivity index (χ1n) is 7.99. The lowest BCUT2D eigenvalue weighted by Gasteiger charge is -2.17. The highest BCUT2D eigenvalue weighted by molar-refractivity contribution is 5.95. The van der Waals surface area contributed by atoms with Crippen molar-refractivity contribution in [2.45, 2.75) is 13.0 Å². The maximum Gasteiger partial charge on any atom is 0.293 e. The van der Waals surface area contributed by atoms with Crippen molar-refractivity contribution in [1.29, 1.82) is 0 Å². The first-order valence-corrected chi connectivity index (χ1v) is 7.99. The Morgan fingerprint density at radius 3 is 2.54 bits per heavy atom. The van der Waals surface area contributed by atoms with Crippen LogP contribution in [0.5, 0.6) is 11.5 Å². The number of hydrogen-bond acceptors (Lipinski definition) is 6. The van der Waals surface area contributed by atoms with Crippen LogP contribution in [0, 0.1) is 10.1 Å². The zero-order chi connectivity index (χ0) is 19.1. The molecule has 8 heteroatoms. The van der Waals surface area contributed by atoms with Crippen molar-refractivity contribution >= 4 is 17.3 Å². The molecule has 1 unspecified atom stereocenters. The fourth-order valence-corrected chi connectivity index (χ4v) is 2.35. The van der Waals surface area contributed by atoms with Gasteiger partial charge in [-0.25, -0.2) is 0 Å².